The first-order valence-electron chi connectivity index (χ1n) is 9.96. The van der Waals surface area contributed by atoms with Crippen LogP contribution in [-0.4, -0.2) is 50.5 Å². The van der Waals surface area contributed by atoms with Crippen LogP contribution >= 0.6 is 0 Å². The van der Waals surface area contributed by atoms with Gasteiger partial charge >= 0.3 is 0 Å². The lowest BCUT2D eigenvalue weighted by atomic mass is 9.95. The number of carbonyl (C=O) groups is 1. The SMILES string of the molecule is CC(C)OCCCNC(=O)CN(C1CCCCC1)S(=O)(=O)c1ccc(F)cc1. The molecule has 1 aromatic carbocycles. The van der Waals surface area contributed by atoms with E-state index in [1.165, 1.54) is 16.4 Å². The van der Waals surface area contributed by atoms with Crippen LogP contribution in [0.25, 0.3) is 0 Å². The minimum atomic E-state index is -3.88. The highest BCUT2D eigenvalue weighted by Gasteiger charge is 2.33. The van der Waals surface area contributed by atoms with E-state index in [-0.39, 0.29) is 29.5 Å². The number of carbonyl (C=O) groups excluding carboxylic acids is 1. The van der Waals surface area contributed by atoms with Crippen LogP contribution in [0.3, 0.4) is 0 Å². The second kappa shape index (κ2) is 10.9. The number of nitrogens with one attached hydrogen (secondary N) is 1. The Hall–Kier alpha value is -1.51. The van der Waals surface area contributed by atoms with Gasteiger partial charge in [-0.05, 0) is 57.4 Å². The summed E-state index contributed by atoms with van der Waals surface area (Å²) in [5.41, 5.74) is 0. The molecular formula is C20H31FN2O4S. The first-order valence-corrected chi connectivity index (χ1v) is 11.4. The molecule has 2 rings (SSSR count). The monoisotopic (exact) mass is 414 g/mol. The van der Waals surface area contributed by atoms with E-state index in [1.807, 2.05) is 13.8 Å². The normalized spacial score (nSPS) is 15.9. The predicted molar refractivity (Wildman–Crippen MR) is 106 cm³/mol. The number of hydrogen-bond donors (Lipinski definition) is 1. The molecule has 6 nitrogen and oxygen atoms in total. The molecule has 0 aliphatic heterocycles. The smallest absolute Gasteiger partial charge is 0.243 e. The summed E-state index contributed by atoms with van der Waals surface area (Å²) in [6, 6.07) is 4.55. The first kappa shape index (κ1) is 22.8. The predicted octanol–water partition coefficient (Wildman–Crippen LogP) is 3.08. The molecule has 1 aliphatic carbocycles. The zero-order chi connectivity index (χ0) is 20.6. The van der Waals surface area contributed by atoms with Crippen LogP contribution in [0.15, 0.2) is 29.2 Å². The van der Waals surface area contributed by atoms with E-state index in [9.17, 15) is 17.6 Å². The number of ether oxygens (including phenoxy) is 1. The van der Waals surface area contributed by atoms with Crippen molar-refractivity contribution in [2.45, 2.75) is 69.4 Å². The quantitative estimate of drug-likeness (QED) is 0.597. The highest BCUT2D eigenvalue weighted by atomic mass is 32.2. The van der Waals surface area contributed by atoms with Gasteiger partial charge in [-0.1, -0.05) is 19.3 Å². The Morgan fingerprint density at radius 3 is 2.46 bits per heavy atom. The second-order valence-electron chi connectivity index (χ2n) is 7.42. The number of hydrogen-bond acceptors (Lipinski definition) is 4. The fourth-order valence-electron chi connectivity index (χ4n) is 3.34. The largest absolute Gasteiger partial charge is 0.379 e. The van der Waals surface area contributed by atoms with E-state index in [1.54, 1.807) is 0 Å². The Morgan fingerprint density at radius 1 is 1.21 bits per heavy atom. The fraction of sp³-hybridized carbons (Fsp3) is 0.650. The third kappa shape index (κ3) is 6.83. The van der Waals surface area contributed by atoms with Gasteiger partial charge in [0.05, 0.1) is 17.5 Å². The molecule has 0 aromatic heterocycles. The van der Waals surface area contributed by atoms with Gasteiger partial charge in [0.1, 0.15) is 5.82 Å². The summed E-state index contributed by atoms with van der Waals surface area (Å²) in [5.74, 6) is -0.828. The number of nitrogens with zero attached hydrogens (tertiary/aromatic N) is 1. The lowest BCUT2D eigenvalue weighted by Crippen LogP contribution is -2.47. The third-order valence-corrected chi connectivity index (χ3v) is 6.71. The van der Waals surface area contributed by atoms with Gasteiger partial charge in [-0.2, -0.15) is 4.31 Å². The van der Waals surface area contributed by atoms with Crippen LogP contribution in [-0.2, 0) is 19.6 Å². The molecule has 1 aromatic rings. The van der Waals surface area contributed by atoms with E-state index >= 15 is 0 Å². The summed E-state index contributed by atoms with van der Waals surface area (Å²) in [6.45, 7) is 4.64. The van der Waals surface area contributed by atoms with Crippen LogP contribution in [0.1, 0.15) is 52.4 Å². The second-order valence-corrected chi connectivity index (χ2v) is 9.31. The Kier molecular flexibility index (Phi) is 8.85. The molecule has 1 N–H and O–H groups in total. The minimum absolute atomic E-state index is 0.0117. The van der Waals surface area contributed by atoms with Crippen molar-refractivity contribution in [2.75, 3.05) is 19.7 Å². The highest BCUT2D eigenvalue weighted by molar-refractivity contribution is 7.89. The minimum Gasteiger partial charge on any atom is -0.379 e. The van der Waals surface area contributed by atoms with Crippen molar-refractivity contribution >= 4 is 15.9 Å². The van der Waals surface area contributed by atoms with Crippen molar-refractivity contribution in [3.05, 3.63) is 30.1 Å². The average Bonchev–Trinajstić information content (AvgIpc) is 2.66. The first-order chi connectivity index (χ1) is 13.3. The van der Waals surface area contributed by atoms with Crippen LogP contribution in [0.4, 0.5) is 4.39 Å². The van der Waals surface area contributed by atoms with Crippen molar-refractivity contribution in [3.8, 4) is 0 Å². The van der Waals surface area contributed by atoms with Gasteiger partial charge in [0, 0.05) is 19.2 Å². The van der Waals surface area contributed by atoms with E-state index in [4.69, 9.17) is 4.74 Å². The van der Waals surface area contributed by atoms with Gasteiger partial charge in [0.25, 0.3) is 0 Å². The molecule has 0 unspecified atom stereocenters. The Morgan fingerprint density at radius 2 is 1.86 bits per heavy atom. The van der Waals surface area contributed by atoms with Crippen LogP contribution in [0, 0.1) is 5.82 Å². The molecule has 0 atom stereocenters. The van der Waals surface area contributed by atoms with Gasteiger partial charge in [-0.3, -0.25) is 4.79 Å². The summed E-state index contributed by atoms with van der Waals surface area (Å²) in [5, 5.41) is 2.77. The number of sulfonamides is 1. The summed E-state index contributed by atoms with van der Waals surface area (Å²) in [6.07, 6.45) is 5.22. The average molecular weight is 415 g/mol. The molecule has 0 spiro atoms. The number of benzene rings is 1. The van der Waals surface area contributed by atoms with E-state index in [0.717, 1.165) is 44.2 Å². The summed E-state index contributed by atoms with van der Waals surface area (Å²) >= 11 is 0. The number of rotatable bonds is 10. The summed E-state index contributed by atoms with van der Waals surface area (Å²) in [7, 11) is -3.88. The molecule has 158 valence electrons. The Bertz CT molecular complexity index is 716. The van der Waals surface area contributed by atoms with Gasteiger partial charge in [-0.15, -0.1) is 0 Å². The van der Waals surface area contributed by atoms with Crippen LogP contribution < -0.4 is 5.32 Å². The molecule has 0 bridgehead atoms. The van der Waals surface area contributed by atoms with Crippen molar-refractivity contribution in [1.82, 2.24) is 9.62 Å². The molecule has 1 saturated carbocycles. The molecule has 1 aliphatic rings. The molecule has 1 fully saturated rings. The topological polar surface area (TPSA) is 75.7 Å². The van der Waals surface area contributed by atoms with Crippen LogP contribution in [0.2, 0.25) is 0 Å². The molecule has 28 heavy (non-hydrogen) atoms. The molecule has 8 heteroatoms. The van der Waals surface area contributed by atoms with Gasteiger partial charge < -0.3 is 10.1 Å². The van der Waals surface area contributed by atoms with Crippen molar-refractivity contribution in [1.29, 1.82) is 0 Å². The maximum absolute atomic E-state index is 13.2. The maximum Gasteiger partial charge on any atom is 0.243 e. The molecule has 0 saturated heterocycles. The summed E-state index contributed by atoms with van der Waals surface area (Å²) in [4.78, 5) is 12.4. The summed E-state index contributed by atoms with van der Waals surface area (Å²) < 4.78 is 46.2. The molecular weight excluding hydrogens is 383 g/mol. The lowest BCUT2D eigenvalue weighted by Gasteiger charge is -2.33. The van der Waals surface area contributed by atoms with E-state index in [2.05, 4.69) is 5.32 Å². The van der Waals surface area contributed by atoms with E-state index in [0.29, 0.717) is 19.6 Å². The van der Waals surface area contributed by atoms with Gasteiger partial charge in [0.2, 0.25) is 15.9 Å². The molecule has 1 amide bonds. The maximum atomic E-state index is 13.2. The Labute approximate surface area is 167 Å². The standard InChI is InChI=1S/C20H31FN2O4S/c1-16(2)27-14-6-13-22-20(24)15-23(18-7-4-3-5-8-18)28(25,26)19-11-9-17(21)10-12-19/h9-12,16,18H,3-8,13-15H2,1-2H3,(H,22,24). The van der Waals surface area contributed by atoms with Gasteiger partial charge in [-0.25, -0.2) is 12.8 Å². The third-order valence-electron chi connectivity index (χ3n) is 4.80. The fourth-order valence-corrected chi connectivity index (χ4v) is 4.98. The van der Waals surface area contributed by atoms with Gasteiger partial charge in [0.15, 0.2) is 0 Å². The van der Waals surface area contributed by atoms with E-state index < -0.39 is 15.8 Å². The number of halogens is 1. The van der Waals surface area contributed by atoms with Crippen molar-refractivity contribution < 1.29 is 22.3 Å². The van der Waals surface area contributed by atoms with Crippen molar-refractivity contribution in [2.24, 2.45) is 0 Å². The zero-order valence-electron chi connectivity index (χ0n) is 16.7. The molecule has 0 radical (unpaired) electrons. The lowest BCUT2D eigenvalue weighted by molar-refractivity contribution is -0.121. The van der Waals surface area contributed by atoms with Crippen molar-refractivity contribution in [3.63, 3.8) is 0 Å². The highest BCUT2D eigenvalue weighted by Crippen LogP contribution is 2.27. The Balaban J connectivity index is 2.05. The zero-order valence-corrected chi connectivity index (χ0v) is 17.5. The number of amides is 1. The molecule has 0 heterocycles. The van der Waals surface area contributed by atoms with Crippen LogP contribution in [0.5, 0.6) is 0 Å².